The molecule has 1 aromatic heterocycles. The van der Waals surface area contributed by atoms with Crippen molar-refractivity contribution in [2.24, 2.45) is 0 Å². The fourth-order valence-electron chi connectivity index (χ4n) is 2.19. The van der Waals surface area contributed by atoms with Gasteiger partial charge in [0.05, 0.1) is 0 Å². The maximum absolute atomic E-state index is 12.9. The molecule has 0 saturated heterocycles. The van der Waals surface area contributed by atoms with Crippen LogP contribution >= 0.6 is 0 Å². The van der Waals surface area contributed by atoms with Gasteiger partial charge in [-0.1, -0.05) is 29.8 Å². The number of benzene rings is 2. The van der Waals surface area contributed by atoms with Crippen molar-refractivity contribution in [1.82, 2.24) is 4.98 Å². The van der Waals surface area contributed by atoms with Gasteiger partial charge in [-0.25, -0.2) is 4.39 Å². The van der Waals surface area contributed by atoms with Gasteiger partial charge in [0.2, 0.25) is 17.5 Å². The Morgan fingerprint density at radius 2 is 1.88 bits per heavy atom. The molecule has 2 aromatic carbocycles. The Morgan fingerprint density at radius 3 is 2.56 bits per heavy atom. The number of aryl methyl sites for hydroxylation is 1. The van der Waals surface area contributed by atoms with Gasteiger partial charge >= 0.3 is 0 Å². The van der Waals surface area contributed by atoms with E-state index in [0.717, 1.165) is 11.1 Å². The summed E-state index contributed by atoms with van der Waals surface area (Å²) in [7, 11) is 0. The summed E-state index contributed by atoms with van der Waals surface area (Å²) in [5.41, 5.74) is 2.16. The summed E-state index contributed by atoms with van der Waals surface area (Å²) in [5.74, 6) is 0.980. The quantitative estimate of drug-likeness (QED) is 0.730. The molecule has 0 radical (unpaired) electrons. The zero-order valence-electron chi connectivity index (χ0n) is 13.6. The smallest absolute Gasteiger partial charge is 0.236 e. The molecular weight excluding hydrogens is 321 g/mol. The number of rotatable bonds is 6. The lowest BCUT2D eigenvalue weighted by atomic mass is 10.2. The molecule has 0 saturated carbocycles. The van der Waals surface area contributed by atoms with Crippen LogP contribution in [0.25, 0.3) is 0 Å². The van der Waals surface area contributed by atoms with Gasteiger partial charge in [-0.15, -0.1) is 0 Å². The molecule has 25 heavy (non-hydrogen) atoms. The molecule has 3 aromatic rings. The minimum Gasteiger partial charge on any atom is -0.484 e. The summed E-state index contributed by atoms with van der Waals surface area (Å²) in [6, 6.07) is 15.7. The van der Waals surface area contributed by atoms with Gasteiger partial charge in [0, 0.05) is 6.54 Å². The number of anilines is 1. The largest absolute Gasteiger partial charge is 0.484 e. The van der Waals surface area contributed by atoms with E-state index in [4.69, 9.17) is 9.15 Å². The van der Waals surface area contributed by atoms with Crippen LogP contribution in [0.2, 0.25) is 0 Å². The van der Waals surface area contributed by atoms with Gasteiger partial charge in [0.15, 0.2) is 6.61 Å². The Morgan fingerprint density at radius 1 is 1.16 bits per heavy atom. The third-order valence-electron chi connectivity index (χ3n) is 3.53. The molecule has 3 rings (SSSR count). The van der Waals surface area contributed by atoms with Crippen LogP contribution < -0.4 is 10.1 Å². The molecule has 0 aliphatic heterocycles. The number of hydrogen-bond donors (Lipinski definition) is 1. The number of hydrogen-bond acceptors (Lipinski definition) is 5. The molecule has 0 spiro atoms. The van der Waals surface area contributed by atoms with Gasteiger partial charge in [-0.2, -0.15) is 10.2 Å². The molecule has 126 valence electrons. The SMILES string of the molecule is Cc1ccc(OCc2nc(C#N)c(NCc3ccc(F)cc3)o2)cc1. The Labute approximate surface area is 144 Å². The number of oxazole rings is 1. The summed E-state index contributed by atoms with van der Waals surface area (Å²) in [5, 5.41) is 12.2. The first-order chi connectivity index (χ1) is 12.1. The maximum Gasteiger partial charge on any atom is 0.236 e. The molecule has 1 N–H and O–H groups in total. The van der Waals surface area contributed by atoms with E-state index in [1.54, 1.807) is 12.1 Å². The monoisotopic (exact) mass is 337 g/mol. The van der Waals surface area contributed by atoms with Crippen LogP contribution in [0.4, 0.5) is 10.3 Å². The van der Waals surface area contributed by atoms with Crippen molar-refractivity contribution in [1.29, 1.82) is 5.26 Å². The van der Waals surface area contributed by atoms with Crippen LogP contribution in [0.1, 0.15) is 22.7 Å². The van der Waals surface area contributed by atoms with Crippen LogP contribution in [0.5, 0.6) is 5.75 Å². The van der Waals surface area contributed by atoms with E-state index in [-0.39, 0.29) is 24.0 Å². The second kappa shape index (κ2) is 7.49. The molecule has 0 atom stereocenters. The molecule has 0 unspecified atom stereocenters. The van der Waals surface area contributed by atoms with Crippen molar-refractivity contribution in [3.8, 4) is 11.8 Å². The predicted molar refractivity (Wildman–Crippen MR) is 90.5 cm³/mol. The maximum atomic E-state index is 12.9. The van der Waals surface area contributed by atoms with E-state index < -0.39 is 0 Å². The molecule has 6 heteroatoms. The highest BCUT2D eigenvalue weighted by Gasteiger charge is 2.13. The van der Waals surface area contributed by atoms with Crippen LogP contribution in [-0.2, 0) is 13.2 Å². The Hall–Kier alpha value is -3.33. The molecule has 5 nitrogen and oxygen atoms in total. The van der Waals surface area contributed by atoms with Crippen molar-refractivity contribution in [2.75, 3.05) is 5.32 Å². The molecule has 0 amide bonds. The van der Waals surface area contributed by atoms with E-state index in [1.165, 1.54) is 12.1 Å². The summed E-state index contributed by atoms with van der Waals surface area (Å²) in [6.45, 7) is 2.51. The number of nitrogens with one attached hydrogen (secondary N) is 1. The average Bonchev–Trinajstić information content (AvgIpc) is 3.03. The van der Waals surface area contributed by atoms with E-state index in [0.29, 0.717) is 18.2 Å². The number of nitrogens with zero attached hydrogens (tertiary/aromatic N) is 2. The highest BCUT2D eigenvalue weighted by molar-refractivity contribution is 5.45. The zero-order chi connectivity index (χ0) is 17.6. The van der Waals surface area contributed by atoms with Crippen molar-refractivity contribution in [3.63, 3.8) is 0 Å². The van der Waals surface area contributed by atoms with Gasteiger partial charge in [0.25, 0.3) is 0 Å². The Balaban J connectivity index is 1.63. The Bertz CT molecular complexity index is 881. The van der Waals surface area contributed by atoms with Crippen molar-refractivity contribution in [2.45, 2.75) is 20.1 Å². The summed E-state index contributed by atoms with van der Waals surface area (Å²) in [4.78, 5) is 4.11. The molecule has 0 bridgehead atoms. The number of ether oxygens (including phenoxy) is 1. The first-order valence-corrected chi connectivity index (χ1v) is 7.71. The van der Waals surface area contributed by atoms with Crippen LogP contribution in [0, 0.1) is 24.1 Å². The number of aromatic nitrogens is 1. The highest BCUT2D eigenvalue weighted by Crippen LogP contribution is 2.20. The van der Waals surface area contributed by atoms with E-state index in [2.05, 4.69) is 10.3 Å². The van der Waals surface area contributed by atoms with Crippen molar-refractivity contribution >= 4 is 5.88 Å². The normalized spacial score (nSPS) is 10.3. The summed E-state index contributed by atoms with van der Waals surface area (Å²) >= 11 is 0. The van der Waals surface area contributed by atoms with Crippen LogP contribution in [0.3, 0.4) is 0 Å². The topological polar surface area (TPSA) is 71.1 Å². The van der Waals surface area contributed by atoms with Gasteiger partial charge in [-0.3, -0.25) is 0 Å². The van der Waals surface area contributed by atoms with Crippen LogP contribution in [0.15, 0.2) is 52.9 Å². The molecule has 0 aliphatic carbocycles. The first kappa shape index (κ1) is 16.5. The van der Waals surface area contributed by atoms with Crippen molar-refractivity contribution < 1.29 is 13.5 Å². The predicted octanol–water partition coefficient (Wildman–Crippen LogP) is 4.18. The van der Waals surface area contributed by atoms with Crippen LogP contribution in [-0.4, -0.2) is 4.98 Å². The molecule has 0 aliphatic rings. The average molecular weight is 337 g/mol. The van der Waals surface area contributed by atoms with E-state index >= 15 is 0 Å². The van der Waals surface area contributed by atoms with E-state index in [9.17, 15) is 9.65 Å². The zero-order valence-corrected chi connectivity index (χ0v) is 13.6. The third-order valence-corrected chi connectivity index (χ3v) is 3.53. The van der Waals surface area contributed by atoms with Gasteiger partial charge in [0.1, 0.15) is 17.6 Å². The Kier molecular flexibility index (Phi) is 4.95. The molecule has 0 fully saturated rings. The van der Waals surface area contributed by atoms with Gasteiger partial charge < -0.3 is 14.5 Å². The minimum absolute atomic E-state index is 0.121. The lowest BCUT2D eigenvalue weighted by Gasteiger charge is -2.04. The van der Waals surface area contributed by atoms with Gasteiger partial charge in [-0.05, 0) is 36.8 Å². The molecule has 1 heterocycles. The highest BCUT2D eigenvalue weighted by atomic mass is 19.1. The lowest BCUT2D eigenvalue weighted by molar-refractivity contribution is 0.264. The standard InChI is InChI=1S/C19H16FN3O2/c1-13-2-8-16(9-3-13)24-12-18-23-17(10-21)19(25-18)22-11-14-4-6-15(20)7-5-14/h2-9,22H,11-12H2,1H3. The fraction of sp³-hybridized carbons (Fsp3) is 0.158. The molecular formula is C19H16FN3O2. The second-order valence-electron chi connectivity index (χ2n) is 5.48. The lowest BCUT2D eigenvalue weighted by Crippen LogP contribution is -1.99. The third kappa shape index (κ3) is 4.36. The fourth-order valence-corrected chi connectivity index (χ4v) is 2.19. The van der Waals surface area contributed by atoms with Crippen molar-refractivity contribution in [3.05, 3.63) is 77.1 Å². The van der Waals surface area contributed by atoms with E-state index in [1.807, 2.05) is 37.3 Å². The number of nitriles is 1. The first-order valence-electron chi connectivity index (χ1n) is 7.71. The summed E-state index contributed by atoms with van der Waals surface area (Å²) < 4.78 is 24.1. The minimum atomic E-state index is -0.295. The summed E-state index contributed by atoms with van der Waals surface area (Å²) in [6.07, 6.45) is 0. The second-order valence-corrected chi connectivity index (χ2v) is 5.48. The number of halogens is 1.